The van der Waals surface area contributed by atoms with E-state index in [4.69, 9.17) is 11.6 Å². The van der Waals surface area contributed by atoms with E-state index in [0.717, 1.165) is 12.8 Å². The number of hydrogen-bond acceptors (Lipinski definition) is 4. The number of ketones is 1. The summed E-state index contributed by atoms with van der Waals surface area (Å²) in [6, 6.07) is 3.99. The molecule has 0 aliphatic heterocycles. The Balaban J connectivity index is 1.97. The molecular weight excluding hydrogens is 282 g/mol. The summed E-state index contributed by atoms with van der Waals surface area (Å²) in [5.41, 5.74) is 0. The summed E-state index contributed by atoms with van der Waals surface area (Å²) in [5.74, 6) is 0.107. The van der Waals surface area contributed by atoms with Crippen LogP contribution >= 0.6 is 22.9 Å². The number of Topliss-reactive ketones (excluding diaryl/α,β-unsaturated/α-hetero) is 1. The van der Waals surface area contributed by atoms with Crippen LogP contribution in [0.4, 0.5) is 0 Å². The molecule has 0 atom stereocenters. The van der Waals surface area contributed by atoms with Crippen LogP contribution in [-0.2, 0) is 0 Å². The quantitative estimate of drug-likeness (QED) is 0.820. The lowest BCUT2D eigenvalue weighted by Gasteiger charge is -2.33. The van der Waals surface area contributed by atoms with Crippen molar-refractivity contribution in [3.05, 3.63) is 21.3 Å². The Bertz CT molecular complexity index is 415. The first-order chi connectivity index (χ1) is 9.20. The van der Waals surface area contributed by atoms with E-state index in [0.29, 0.717) is 28.3 Å². The summed E-state index contributed by atoms with van der Waals surface area (Å²) in [5, 5.41) is 9.18. The van der Waals surface area contributed by atoms with Gasteiger partial charge >= 0.3 is 0 Å². The van der Waals surface area contributed by atoms with Crippen LogP contribution in [0.5, 0.6) is 0 Å². The number of carbonyl (C=O) groups is 1. The third-order valence-corrected chi connectivity index (χ3v) is 4.95. The maximum Gasteiger partial charge on any atom is 0.186 e. The number of carbonyl (C=O) groups excluding carboxylic acids is 1. The van der Waals surface area contributed by atoms with E-state index in [1.54, 1.807) is 12.1 Å². The second-order valence-corrected chi connectivity index (χ2v) is 6.73. The topological polar surface area (TPSA) is 40.5 Å². The summed E-state index contributed by atoms with van der Waals surface area (Å²) < 4.78 is 0.648. The highest BCUT2D eigenvalue weighted by Gasteiger charge is 2.23. The highest BCUT2D eigenvalue weighted by molar-refractivity contribution is 7.18. The molecule has 1 aliphatic carbocycles. The van der Waals surface area contributed by atoms with Gasteiger partial charge in [0.15, 0.2) is 5.78 Å². The maximum atomic E-state index is 12.2. The van der Waals surface area contributed by atoms with E-state index in [-0.39, 0.29) is 12.4 Å². The van der Waals surface area contributed by atoms with Crippen molar-refractivity contribution in [3.8, 4) is 0 Å². The molecule has 1 aliphatic rings. The van der Waals surface area contributed by atoms with Crippen LogP contribution in [0.15, 0.2) is 12.1 Å². The van der Waals surface area contributed by atoms with Crippen molar-refractivity contribution in [2.45, 2.75) is 38.1 Å². The fraction of sp³-hybridized carbons (Fsp3) is 0.643. The van der Waals surface area contributed by atoms with Gasteiger partial charge in [-0.25, -0.2) is 0 Å². The zero-order chi connectivity index (χ0) is 13.7. The minimum atomic E-state index is 0.106. The molecule has 0 aromatic carbocycles. The van der Waals surface area contributed by atoms with Gasteiger partial charge in [0.1, 0.15) is 0 Å². The van der Waals surface area contributed by atoms with Crippen molar-refractivity contribution in [2.24, 2.45) is 0 Å². The van der Waals surface area contributed by atoms with Crippen molar-refractivity contribution in [1.82, 2.24) is 4.90 Å². The first-order valence-corrected chi connectivity index (χ1v) is 8.03. The fourth-order valence-corrected chi connectivity index (χ4v) is 3.66. The number of aliphatic hydroxyl groups is 1. The van der Waals surface area contributed by atoms with Crippen LogP contribution in [0.2, 0.25) is 4.34 Å². The maximum absolute atomic E-state index is 12.2. The van der Waals surface area contributed by atoms with Crippen molar-refractivity contribution in [1.29, 1.82) is 0 Å². The summed E-state index contributed by atoms with van der Waals surface area (Å²) >= 11 is 7.19. The third-order valence-electron chi connectivity index (χ3n) is 3.67. The third kappa shape index (κ3) is 4.28. The number of rotatable bonds is 6. The molecular formula is C14H20ClNO2S. The van der Waals surface area contributed by atoms with Gasteiger partial charge in [-0.2, -0.15) is 0 Å². The normalized spacial score (nSPS) is 17.0. The standard InChI is InChI=1S/C14H20ClNO2S/c15-14-7-6-13(19-14)12(18)10-16(8-9-17)11-4-2-1-3-5-11/h6-7,11,17H,1-5,8-10H2. The largest absolute Gasteiger partial charge is 0.395 e. The van der Waals surface area contributed by atoms with Gasteiger partial charge in [-0.15, -0.1) is 11.3 Å². The fourth-order valence-electron chi connectivity index (χ4n) is 2.69. The average Bonchev–Trinajstić information content (AvgIpc) is 2.86. The Hall–Kier alpha value is -0.420. The number of aliphatic hydroxyl groups excluding tert-OH is 1. The highest BCUT2D eigenvalue weighted by atomic mass is 35.5. The molecule has 0 bridgehead atoms. The minimum absolute atomic E-state index is 0.106. The smallest absolute Gasteiger partial charge is 0.186 e. The second-order valence-electron chi connectivity index (χ2n) is 5.01. The van der Waals surface area contributed by atoms with Crippen molar-refractivity contribution < 1.29 is 9.90 Å². The minimum Gasteiger partial charge on any atom is -0.395 e. The molecule has 1 aromatic heterocycles. The molecule has 1 fully saturated rings. The van der Waals surface area contributed by atoms with Crippen LogP contribution < -0.4 is 0 Å². The van der Waals surface area contributed by atoms with E-state index in [1.165, 1.54) is 30.6 Å². The predicted octanol–water partition coefficient (Wildman–Crippen LogP) is 3.21. The Labute approximate surface area is 123 Å². The van der Waals surface area contributed by atoms with Gasteiger partial charge in [-0.3, -0.25) is 9.69 Å². The number of halogens is 1. The molecule has 106 valence electrons. The molecule has 5 heteroatoms. The summed E-state index contributed by atoms with van der Waals surface area (Å²) in [4.78, 5) is 15.1. The summed E-state index contributed by atoms with van der Waals surface area (Å²) in [7, 11) is 0. The molecule has 0 amide bonds. The van der Waals surface area contributed by atoms with Gasteiger partial charge < -0.3 is 5.11 Å². The Morgan fingerprint density at radius 3 is 2.68 bits per heavy atom. The molecule has 0 unspecified atom stereocenters. The van der Waals surface area contributed by atoms with Gasteiger partial charge in [0.25, 0.3) is 0 Å². The van der Waals surface area contributed by atoms with Crippen LogP contribution in [0.3, 0.4) is 0 Å². The van der Waals surface area contributed by atoms with Crippen LogP contribution in [0.25, 0.3) is 0 Å². The molecule has 0 saturated heterocycles. The molecule has 1 N–H and O–H groups in total. The van der Waals surface area contributed by atoms with E-state index in [1.807, 2.05) is 0 Å². The SMILES string of the molecule is O=C(CN(CCO)C1CCCCC1)c1ccc(Cl)s1. The molecule has 0 spiro atoms. The van der Waals surface area contributed by atoms with E-state index in [2.05, 4.69) is 4.90 Å². The average molecular weight is 302 g/mol. The molecule has 2 rings (SSSR count). The van der Waals surface area contributed by atoms with Crippen LogP contribution in [-0.4, -0.2) is 41.5 Å². The van der Waals surface area contributed by atoms with Crippen LogP contribution in [0, 0.1) is 0 Å². The van der Waals surface area contributed by atoms with E-state index < -0.39 is 0 Å². The lowest BCUT2D eigenvalue weighted by atomic mass is 9.94. The zero-order valence-corrected chi connectivity index (χ0v) is 12.6. The second kappa shape index (κ2) is 7.39. The van der Waals surface area contributed by atoms with Gasteiger partial charge in [-0.05, 0) is 25.0 Å². The summed E-state index contributed by atoms with van der Waals surface area (Å²) in [6.45, 7) is 1.08. The molecule has 1 aromatic rings. The number of nitrogens with zero attached hydrogens (tertiary/aromatic N) is 1. The highest BCUT2D eigenvalue weighted by Crippen LogP contribution is 2.25. The lowest BCUT2D eigenvalue weighted by Crippen LogP contribution is -2.41. The molecule has 1 heterocycles. The van der Waals surface area contributed by atoms with E-state index in [9.17, 15) is 9.90 Å². The number of hydrogen-bond donors (Lipinski definition) is 1. The van der Waals surface area contributed by atoms with E-state index >= 15 is 0 Å². The molecule has 3 nitrogen and oxygen atoms in total. The Morgan fingerprint density at radius 2 is 2.11 bits per heavy atom. The predicted molar refractivity (Wildman–Crippen MR) is 79.2 cm³/mol. The Kier molecular flexibility index (Phi) is 5.82. The van der Waals surface area contributed by atoms with Crippen molar-refractivity contribution >= 4 is 28.7 Å². The van der Waals surface area contributed by atoms with Gasteiger partial charge in [0.05, 0.1) is 22.4 Å². The first-order valence-electron chi connectivity index (χ1n) is 6.84. The molecule has 1 saturated carbocycles. The van der Waals surface area contributed by atoms with Gasteiger partial charge in [-0.1, -0.05) is 30.9 Å². The number of thiophene rings is 1. The van der Waals surface area contributed by atoms with Crippen LogP contribution in [0.1, 0.15) is 41.8 Å². The van der Waals surface area contributed by atoms with Crippen molar-refractivity contribution in [3.63, 3.8) is 0 Å². The first kappa shape index (κ1) is 15.0. The molecule has 0 radical (unpaired) electrons. The lowest BCUT2D eigenvalue weighted by molar-refractivity contribution is 0.0818. The van der Waals surface area contributed by atoms with Crippen molar-refractivity contribution in [2.75, 3.05) is 19.7 Å². The Morgan fingerprint density at radius 1 is 1.37 bits per heavy atom. The van der Waals surface area contributed by atoms with Gasteiger partial charge in [0.2, 0.25) is 0 Å². The van der Waals surface area contributed by atoms with Gasteiger partial charge in [0, 0.05) is 12.6 Å². The molecule has 19 heavy (non-hydrogen) atoms. The monoisotopic (exact) mass is 301 g/mol. The summed E-state index contributed by atoms with van der Waals surface area (Å²) in [6.07, 6.45) is 6.02. The zero-order valence-electron chi connectivity index (χ0n) is 11.0.